The number of hydrogen-bond donors (Lipinski definition) is 2. The molecule has 2 rings (SSSR count). The van der Waals surface area contributed by atoms with Crippen molar-refractivity contribution in [2.45, 2.75) is 18.6 Å². The zero-order chi connectivity index (χ0) is 13.0. The van der Waals surface area contributed by atoms with Crippen molar-refractivity contribution >= 4 is 11.6 Å². The fourth-order valence-corrected chi connectivity index (χ4v) is 1.93. The Labute approximate surface area is 110 Å². The molecule has 0 saturated carbocycles. The molecular formula is C13H15ClN2O2. The van der Waals surface area contributed by atoms with E-state index in [1.54, 1.807) is 17.1 Å². The summed E-state index contributed by atoms with van der Waals surface area (Å²) in [6, 6.07) is 9.58. The second kappa shape index (κ2) is 6.00. The van der Waals surface area contributed by atoms with Crippen molar-refractivity contribution in [2.24, 2.45) is 0 Å². The van der Waals surface area contributed by atoms with Crippen molar-refractivity contribution in [1.29, 1.82) is 0 Å². The van der Waals surface area contributed by atoms with Crippen LogP contribution in [0.15, 0.2) is 42.7 Å². The lowest BCUT2D eigenvalue weighted by Crippen LogP contribution is -2.18. The SMILES string of the molecule is OC(CCCl)C(O)c1cnn(-c2ccccc2)c1. The van der Waals surface area contributed by atoms with Gasteiger partial charge in [0.2, 0.25) is 0 Å². The summed E-state index contributed by atoms with van der Waals surface area (Å²) in [6.45, 7) is 0. The largest absolute Gasteiger partial charge is 0.390 e. The van der Waals surface area contributed by atoms with E-state index in [1.165, 1.54) is 0 Å². The zero-order valence-electron chi connectivity index (χ0n) is 9.78. The van der Waals surface area contributed by atoms with E-state index in [4.69, 9.17) is 11.6 Å². The van der Waals surface area contributed by atoms with Gasteiger partial charge in [0, 0.05) is 17.6 Å². The minimum absolute atomic E-state index is 0.311. The molecule has 1 aromatic carbocycles. The Morgan fingerprint density at radius 2 is 1.94 bits per heavy atom. The van der Waals surface area contributed by atoms with Crippen molar-refractivity contribution in [3.05, 3.63) is 48.3 Å². The molecule has 1 aromatic heterocycles. The maximum absolute atomic E-state index is 9.92. The van der Waals surface area contributed by atoms with E-state index >= 15 is 0 Å². The first kappa shape index (κ1) is 13.1. The maximum Gasteiger partial charge on any atom is 0.108 e. The highest BCUT2D eigenvalue weighted by Gasteiger charge is 2.19. The van der Waals surface area contributed by atoms with Gasteiger partial charge in [0.15, 0.2) is 0 Å². The highest BCUT2D eigenvalue weighted by Crippen LogP contribution is 2.20. The molecule has 0 radical (unpaired) electrons. The third-order valence-electron chi connectivity index (χ3n) is 2.73. The fraction of sp³-hybridized carbons (Fsp3) is 0.308. The molecule has 96 valence electrons. The standard InChI is InChI=1S/C13H15ClN2O2/c14-7-6-12(17)13(18)10-8-15-16(9-10)11-4-2-1-3-5-11/h1-5,8-9,12-13,17-18H,6-7H2. The van der Waals surface area contributed by atoms with Crippen LogP contribution in [0, 0.1) is 0 Å². The molecule has 0 aliphatic carbocycles. The highest BCUT2D eigenvalue weighted by atomic mass is 35.5. The van der Waals surface area contributed by atoms with Gasteiger partial charge in [0.25, 0.3) is 0 Å². The third-order valence-corrected chi connectivity index (χ3v) is 2.95. The number of benzene rings is 1. The average Bonchev–Trinajstić information content (AvgIpc) is 2.89. The Morgan fingerprint density at radius 3 is 2.61 bits per heavy atom. The number of nitrogens with zero attached hydrogens (tertiary/aromatic N) is 2. The number of para-hydroxylation sites is 1. The summed E-state index contributed by atoms with van der Waals surface area (Å²) >= 11 is 5.54. The first-order chi connectivity index (χ1) is 8.72. The van der Waals surface area contributed by atoms with E-state index in [0.717, 1.165) is 5.69 Å². The molecule has 0 amide bonds. The van der Waals surface area contributed by atoms with Crippen LogP contribution < -0.4 is 0 Å². The van der Waals surface area contributed by atoms with Crippen molar-refractivity contribution in [2.75, 3.05) is 5.88 Å². The number of hydrogen-bond acceptors (Lipinski definition) is 3. The van der Waals surface area contributed by atoms with Gasteiger partial charge in [-0.3, -0.25) is 0 Å². The van der Waals surface area contributed by atoms with Crippen LogP contribution in [-0.4, -0.2) is 32.0 Å². The van der Waals surface area contributed by atoms with Gasteiger partial charge < -0.3 is 10.2 Å². The number of halogens is 1. The monoisotopic (exact) mass is 266 g/mol. The normalized spacial score (nSPS) is 14.4. The second-order valence-electron chi connectivity index (χ2n) is 4.04. The molecule has 0 aliphatic heterocycles. The van der Waals surface area contributed by atoms with E-state index in [2.05, 4.69) is 5.10 Å². The summed E-state index contributed by atoms with van der Waals surface area (Å²) in [5.41, 5.74) is 1.49. The van der Waals surface area contributed by atoms with Crippen LogP contribution in [0.4, 0.5) is 0 Å². The van der Waals surface area contributed by atoms with Crippen molar-refractivity contribution in [1.82, 2.24) is 9.78 Å². The summed E-state index contributed by atoms with van der Waals surface area (Å²) in [6.07, 6.45) is 1.78. The molecule has 2 unspecified atom stereocenters. The average molecular weight is 267 g/mol. The summed E-state index contributed by atoms with van der Waals surface area (Å²) in [5, 5.41) is 23.8. The molecule has 0 fully saturated rings. The Balaban J connectivity index is 2.15. The van der Waals surface area contributed by atoms with Crippen molar-refractivity contribution < 1.29 is 10.2 Å². The zero-order valence-corrected chi connectivity index (χ0v) is 10.5. The Bertz CT molecular complexity index is 487. The van der Waals surface area contributed by atoms with E-state index in [1.807, 2.05) is 30.3 Å². The van der Waals surface area contributed by atoms with E-state index in [-0.39, 0.29) is 0 Å². The predicted octanol–water partition coefficient (Wildman–Crippen LogP) is 1.90. The smallest absolute Gasteiger partial charge is 0.108 e. The van der Waals surface area contributed by atoms with Crippen molar-refractivity contribution in [3.63, 3.8) is 0 Å². The third kappa shape index (κ3) is 2.90. The summed E-state index contributed by atoms with van der Waals surface area (Å²) in [4.78, 5) is 0. The highest BCUT2D eigenvalue weighted by molar-refractivity contribution is 6.17. The number of aromatic nitrogens is 2. The van der Waals surface area contributed by atoms with Crippen LogP contribution >= 0.6 is 11.6 Å². The lowest BCUT2D eigenvalue weighted by molar-refractivity contribution is 0.0170. The molecule has 0 bridgehead atoms. The Morgan fingerprint density at radius 1 is 1.22 bits per heavy atom. The number of rotatable bonds is 5. The van der Waals surface area contributed by atoms with E-state index in [0.29, 0.717) is 17.9 Å². The van der Waals surface area contributed by atoms with Gasteiger partial charge in [-0.1, -0.05) is 18.2 Å². The minimum Gasteiger partial charge on any atom is -0.390 e. The van der Waals surface area contributed by atoms with Crippen LogP contribution in [0.2, 0.25) is 0 Å². The molecule has 0 aliphatic rings. The molecule has 2 atom stereocenters. The van der Waals surface area contributed by atoms with Gasteiger partial charge in [0.05, 0.1) is 18.0 Å². The van der Waals surface area contributed by atoms with Crippen LogP contribution in [0.5, 0.6) is 0 Å². The predicted molar refractivity (Wildman–Crippen MR) is 69.9 cm³/mol. The first-order valence-corrected chi connectivity index (χ1v) is 6.28. The van der Waals surface area contributed by atoms with Crippen LogP contribution in [0.25, 0.3) is 5.69 Å². The second-order valence-corrected chi connectivity index (χ2v) is 4.42. The van der Waals surface area contributed by atoms with Crippen molar-refractivity contribution in [3.8, 4) is 5.69 Å². The van der Waals surface area contributed by atoms with Gasteiger partial charge in [0.1, 0.15) is 6.10 Å². The molecule has 0 spiro atoms. The fourth-order valence-electron chi connectivity index (χ4n) is 1.70. The van der Waals surface area contributed by atoms with Gasteiger partial charge in [-0.2, -0.15) is 5.10 Å². The first-order valence-electron chi connectivity index (χ1n) is 5.74. The van der Waals surface area contributed by atoms with Crippen LogP contribution in [0.3, 0.4) is 0 Å². The minimum atomic E-state index is -0.957. The topological polar surface area (TPSA) is 58.3 Å². The number of alkyl halides is 1. The number of aliphatic hydroxyl groups excluding tert-OH is 2. The van der Waals surface area contributed by atoms with Crippen LogP contribution in [-0.2, 0) is 0 Å². The molecule has 2 N–H and O–H groups in total. The lowest BCUT2D eigenvalue weighted by Gasteiger charge is -2.14. The molecule has 5 heteroatoms. The molecule has 1 heterocycles. The summed E-state index contributed by atoms with van der Waals surface area (Å²) in [7, 11) is 0. The molecule has 2 aromatic rings. The maximum atomic E-state index is 9.92. The van der Waals surface area contributed by atoms with Gasteiger partial charge in [-0.05, 0) is 18.6 Å². The number of aliphatic hydroxyl groups is 2. The Kier molecular flexibility index (Phi) is 4.36. The van der Waals surface area contributed by atoms with E-state index in [9.17, 15) is 10.2 Å². The summed E-state index contributed by atoms with van der Waals surface area (Å²) < 4.78 is 1.66. The molecule has 18 heavy (non-hydrogen) atoms. The summed E-state index contributed by atoms with van der Waals surface area (Å²) in [5.74, 6) is 0.311. The quantitative estimate of drug-likeness (QED) is 0.813. The molecular weight excluding hydrogens is 252 g/mol. The molecule has 4 nitrogen and oxygen atoms in total. The lowest BCUT2D eigenvalue weighted by atomic mass is 10.1. The van der Waals surface area contributed by atoms with E-state index < -0.39 is 12.2 Å². The molecule has 0 saturated heterocycles. The van der Waals surface area contributed by atoms with Gasteiger partial charge >= 0.3 is 0 Å². The van der Waals surface area contributed by atoms with Gasteiger partial charge in [-0.25, -0.2) is 4.68 Å². The van der Waals surface area contributed by atoms with Gasteiger partial charge in [-0.15, -0.1) is 11.6 Å². The van der Waals surface area contributed by atoms with Crippen LogP contribution in [0.1, 0.15) is 18.1 Å². The Hall–Kier alpha value is -1.36.